The number of rotatable bonds is 2. The molecule has 100 valence electrons. The highest BCUT2D eigenvalue weighted by molar-refractivity contribution is 6.39. The molecule has 18 heavy (non-hydrogen) atoms. The lowest BCUT2D eigenvalue weighted by molar-refractivity contribution is -0.130. The van der Waals surface area contributed by atoms with Crippen molar-refractivity contribution < 1.29 is 9.59 Å². The van der Waals surface area contributed by atoms with Gasteiger partial charge < -0.3 is 10.6 Å². The Labute approximate surface area is 107 Å². The van der Waals surface area contributed by atoms with Crippen LogP contribution in [0, 0.1) is 0 Å². The third-order valence-corrected chi connectivity index (χ3v) is 3.69. The summed E-state index contributed by atoms with van der Waals surface area (Å²) in [7, 11) is 0. The zero-order chi connectivity index (χ0) is 13.1. The maximum atomic E-state index is 12.4. The van der Waals surface area contributed by atoms with Gasteiger partial charge in [-0.2, -0.15) is 5.10 Å². The van der Waals surface area contributed by atoms with Crippen molar-refractivity contribution in [3.63, 3.8) is 0 Å². The number of nitrogens with two attached hydrogens (primary N) is 1. The minimum Gasteiger partial charge on any atom is -0.331 e. The summed E-state index contributed by atoms with van der Waals surface area (Å²) in [6.45, 7) is 2.53. The number of hydrogen-bond donors (Lipinski definition) is 2. The number of carbonyl (C=O) groups excluding carboxylic acids is 2. The summed E-state index contributed by atoms with van der Waals surface area (Å²) in [5.41, 5.74) is 8.56. The lowest BCUT2D eigenvalue weighted by Gasteiger charge is -2.40. The first-order valence-electron chi connectivity index (χ1n) is 6.51. The highest BCUT2D eigenvalue weighted by Gasteiger charge is 2.34. The van der Waals surface area contributed by atoms with Gasteiger partial charge in [-0.25, -0.2) is 5.43 Å². The molecule has 2 heterocycles. The Bertz CT molecular complexity index is 380. The second-order valence-electron chi connectivity index (χ2n) is 4.98. The van der Waals surface area contributed by atoms with E-state index in [2.05, 4.69) is 10.5 Å². The number of hydrazone groups is 1. The highest BCUT2D eigenvalue weighted by atomic mass is 16.2. The molecule has 6 nitrogen and oxygen atoms in total. The van der Waals surface area contributed by atoms with E-state index in [0.717, 1.165) is 19.3 Å². The third-order valence-electron chi connectivity index (χ3n) is 3.69. The first-order chi connectivity index (χ1) is 8.63. The largest absolute Gasteiger partial charge is 0.331 e. The molecule has 2 aliphatic rings. The second-order valence-corrected chi connectivity index (χ2v) is 4.98. The number of carbonyl (C=O) groups is 2. The lowest BCUT2D eigenvalue weighted by Crippen LogP contribution is -2.54. The predicted molar refractivity (Wildman–Crippen MR) is 67.8 cm³/mol. The number of nitrogens with one attached hydrogen (secondary N) is 1. The van der Waals surface area contributed by atoms with Crippen molar-refractivity contribution in [2.75, 3.05) is 6.54 Å². The van der Waals surface area contributed by atoms with Gasteiger partial charge in [0.05, 0.1) is 0 Å². The van der Waals surface area contributed by atoms with Crippen LogP contribution < -0.4 is 11.2 Å². The number of amides is 2. The number of hydrogen-bond acceptors (Lipinski definition) is 4. The van der Waals surface area contributed by atoms with Gasteiger partial charge in [-0.15, -0.1) is 0 Å². The topological polar surface area (TPSA) is 87.8 Å². The molecular formula is C12H20N4O2. The lowest BCUT2D eigenvalue weighted by atomic mass is 9.95. The Balaban J connectivity index is 2.12. The van der Waals surface area contributed by atoms with E-state index in [1.807, 2.05) is 11.8 Å². The van der Waals surface area contributed by atoms with Crippen molar-refractivity contribution >= 4 is 17.5 Å². The van der Waals surface area contributed by atoms with E-state index >= 15 is 0 Å². The molecule has 0 aromatic rings. The van der Waals surface area contributed by atoms with Crippen LogP contribution in [-0.2, 0) is 9.59 Å². The first kappa shape index (κ1) is 13.0. The summed E-state index contributed by atoms with van der Waals surface area (Å²) in [5.74, 6) is -0.203. The fourth-order valence-electron chi connectivity index (χ4n) is 2.66. The Morgan fingerprint density at radius 3 is 2.89 bits per heavy atom. The van der Waals surface area contributed by atoms with Crippen molar-refractivity contribution in [1.82, 2.24) is 10.3 Å². The van der Waals surface area contributed by atoms with Gasteiger partial charge in [0.2, 0.25) is 5.91 Å². The molecule has 0 aromatic carbocycles. The van der Waals surface area contributed by atoms with Crippen LogP contribution in [-0.4, -0.2) is 41.1 Å². The van der Waals surface area contributed by atoms with E-state index in [1.165, 1.54) is 0 Å². The van der Waals surface area contributed by atoms with Gasteiger partial charge in [0.1, 0.15) is 5.71 Å². The van der Waals surface area contributed by atoms with Crippen LogP contribution in [0.5, 0.6) is 0 Å². The van der Waals surface area contributed by atoms with Crippen LogP contribution in [0.25, 0.3) is 0 Å². The number of likely N-dealkylation sites (tertiary alicyclic amines) is 1. The second kappa shape index (κ2) is 5.48. The maximum absolute atomic E-state index is 12.4. The molecule has 0 saturated carbocycles. The summed E-state index contributed by atoms with van der Waals surface area (Å²) < 4.78 is 0. The van der Waals surface area contributed by atoms with Crippen LogP contribution in [0.3, 0.4) is 0 Å². The average molecular weight is 252 g/mol. The van der Waals surface area contributed by atoms with E-state index < -0.39 is 0 Å². The molecule has 2 rings (SSSR count). The Morgan fingerprint density at radius 2 is 2.28 bits per heavy atom. The summed E-state index contributed by atoms with van der Waals surface area (Å²) >= 11 is 0. The standard InChI is InChI=1S/C12H20N4O2/c1-8-3-2-4-9(7-13)16(8)12(18)10-5-6-11(17)15-14-10/h8-9H,2-7,13H2,1H3,(H,15,17). The van der Waals surface area contributed by atoms with Crippen LogP contribution in [0.4, 0.5) is 0 Å². The molecule has 2 atom stereocenters. The molecule has 0 aromatic heterocycles. The van der Waals surface area contributed by atoms with Crippen LogP contribution in [0.15, 0.2) is 5.10 Å². The zero-order valence-electron chi connectivity index (χ0n) is 10.7. The Kier molecular flexibility index (Phi) is 3.96. The molecule has 6 heteroatoms. The normalized spacial score (nSPS) is 28.7. The molecule has 2 unspecified atom stereocenters. The molecule has 1 fully saturated rings. The summed E-state index contributed by atoms with van der Waals surface area (Å²) in [5, 5.41) is 3.87. The summed E-state index contributed by atoms with van der Waals surface area (Å²) in [6.07, 6.45) is 3.81. The monoisotopic (exact) mass is 252 g/mol. The van der Waals surface area contributed by atoms with Crippen molar-refractivity contribution in [3.05, 3.63) is 0 Å². The van der Waals surface area contributed by atoms with Crippen LogP contribution in [0.2, 0.25) is 0 Å². The van der Waals surface area contributed by atoms with Gasteiger partial charge in [-0.05, 0) is 26.2 Å². The maximum Gasteiger partial charge on any atom is 0.270 e. The molecule has 3 N–H and O–H groups in total. The van der Waals surface area contributed by atoms with E-state index in [1.54, 1.807) is 0 Å². The molecule has 0 radical (unpaired) electrons. The minimum absolute atomic E-state index is 0.0716. The Morgan fingerprint density at radius 1 is 1.50 bits per heavy atom. The molecule has 2 aliphatic heterocycles. The third kappa shape index (κ3) is 2.53. The molecule has 0 bridgehead atoms. The van der Waals surface area contributed by atoms with Gasteiger partial charge in [0, 0.05) is 31.5 Å². The van der Waals surface area contributed by atoms with Gasteiger partial charge in [-0.1, -0.05) is 0 Å². The highest BCUT2D eigenvalue weighted by Crippen LogP contribution is 2.23. The van der Waals surface area contributed by atoms with Gasteiger partial charge in [0.25, 0.3) is 5.91 Å². The van der Waals surface area contributed by atoms with Crippen LogP contribution >= 0.6 is 0 Å². The van der Waals surface area contributed by atoms with Gasteiger partial charge in [0.15, 0.2) is 0 Å². The average Bonchev–Trinajstić information content (AvgIpc) is 2.38. The fraction of sp³-hybridized carbons (Fsp3) is 0.750. The molecule has 0 spiro atoms. The van der Waals surface area contributed by atoms with E-state index in [0.29, 0.717) is 25.1 Å². The Hall–Kier alpha value is -1.43. The molecular weight excluding hydrogens is 232 g/mol. The molecule has 2 amide bonds. The van der Waals surface area contributed by atoms with Crippen molar-refractivity contribution in [3.8, 4) is 0 Å². The minimum atomic E-state index is -0.131. The molecule has 1 saturated heterocycles. The van der Waals surface area contributed by atoms with Crippen LogP contribution in [0.1, 0.15) is 39.0 Å². The number of nitrogens with zero attached hydrogens (tertiary/aromatic N) is 2. The van der Waals surface area contributed by atoms with Crippen molar-refractivity contribution in [2.45, 2.75) is 51.1 Å². The van der Waals surface area contributed by atoms with E-state index in [4.69, 9.17) is 5.73 Å². The van der Waals surface area contributed by atoms with Crippen molar-refractivity contribution in [2.24, 2.45) is 10.8 Å². The zero-order valence-corrected chi connectivity index (χ0v) is 10.7. The van der Waals surface area contributed by atoms with E-state index in [9.17, 15) is 9.59 Å². The van der Waals surface area contributed by atoms with Gasteiger partial charge >= 0.3 is 0 Å². The fourth-order valence-corrected chi connectivity index (χ4v) is 2.66. The van der Waals surface area contributed by atoms with Crippen molar-refractivity contribution in [1.29, 1.82) is 0 Å². The summed E-state index contributed by atoms with van der Waals surface area (Å²) in [6, 6.07) is 0.293. The predicted octanol–water partition coefficient (Wildman–Crippen LogP) is -0.0193. The molecule has 0 aliphatic carbocycles. The van der Waals surface area contributed by atoms with E-state index in [-0.39, 0.29) is 23.9 Å². The SMILES string of the molecule is CC1CCCC(CN)N1C(=O)C1=NNC(=O)CC1. The quantitative estimate of drug-likeness (QED) is 0.724. The number of piperidine rings is 1. The summed E-state index contributed by atoms with van der Waals surface area (Å²) in [4.78, 5) is 25.3. The smallest absolute Gasteiger partial charge is 0.270 e. The first-order valence-corrected chi connectivity index (χ1v) is 6.51. The van der Waals surface area contributed by atoms with Gasteiger partial charge in [-0.3, -0.25) is 9.59 Å².